The van der Waals surface area contributed by atoms with Crippen LogP contribution in [-0.2, 0) is 11.2 Å². The zero-order valence-corrected chi connectivity index (χ0v) is 13.5. The Bertz CT molecular complexity index is 844. The maximum atomic E-state index is 12.7. The Morgan fingerprint density at radius 2 is 1.91 bits per heavy atom. The molecule has 0 spiro atoms. The molecule has 0 unspecified atom stereocenters. The second-order valence-corrected chi connectivity index (χ2v) is 5.87. The molecule has 2 aromatic rings. The Balaban J connectivity index is 2.05. The van der Waals surface area contributed by atoms with Crippen LogP contribution >= 0.6 is 0 Å². The van der Waals surface area contributed by atoms with Crippen molar-refractivity contribution in [2.45, 2.75) is 20.3 Å². The van der Waals surface area contributed by atoms with Crippen molar-refractivity contribution >= 4 is 17.8 Å². The molecule has 0 N–H and O–H groups in total. The summed E-state index contributed by atoms with van der Waals surface area (Å²) in [5.41, 5.74) is 5.93. The molecule has 0 aliphatic heterocycles. The molecule has 116 valence electrons. The van der Waals surface area contributed by atoms with Crippen molar-refractivity contribution in [1.82, 2.24) is 0 Å². The maximum Gasteiger partial charge on any atom is 0.338 e. The quantitative estimate of drug-likeness (QED) is 0.624. The summed E-state index contributed by atoms with van der Waals surface area (Å²) in [6.07, 6.45) is 2.41. The van der Waals surface area contributed by atoms with Crippen LogP contribution in [0.2, 0.25) is 0 Å². The first kappa shape index (κ1) is 15.2. The van der Waals surface area contributed by atoms with Crippen LogP contribution in [0.4, 0.5) is 0 Å². The molecule has 0 atom stereocenters. The Labute approximate surface area is 135 Å². The summed E-state index contributed by atoms with van der Waals surface area (Å²) in [5, 5.41) is 0. The molecule has 0 fully saturated rings. The van der Waals surface area contributed by atoms with E-state index in [0.29, 0.717) is 23.1 Å². The fourth-order valence-corrected chi connectivity index (χ4v) is 3.19. The van der Waals surface area contributed by atoms with E-state index in [0.717, 1.165) is 22.3 Å². The third-order valence-electron chi connectivity index (χ3n) is 4.16. The highest BCUT2D eigenvalue weighted by Gasteiger charge is 2.27. The monoisotopic (exact) mass is 306 g/mol. The van der Waals surface area contributed by atoms with Gasteiger partial charge in [-0.15, -0.1) is 0 Å². The van der Waals surface area contributed by atoms with Crippen molar-refractivity contribution in [3.05, 3.63) is 75.4 Å². The average molecular weight is 306 g/mol. The van der Waals surface area contributed by atoms with Gasteiger partial charge in [0, 0.05) is 17.6 Å². The Morgan fingerprint density at radius 1 is 1.17 bits per heavy atom. The zero-order valence-electron chi connectivity index (χ0n) is 13.5. The van der Waals surface area contributed by atoms with E-state index in [9.17, 15) is 9.59 Å². The molecule has 23 heavy (non-hydrogen) atoms. The number of Topliss-reactive ketones (excluding diaryl/α,β-unsaturated/α-hetero) is 1. The van der Waals surface area contributed by atoms with Crippen LogP contribution < -0.4 is 0 Å². The first-order chi connectivity index (χ1) is 11.0. The fraction of sp³-hybridized carbons (Fsp3) is 0.200. The number of hydrogen-bond acceptors (Lipinski definition) is 3. The number of ether oxygens (including phenoxy) is 1. The lowest BCUT2D eigenvalue weighted by atomic mass is 10.0. The summed E-state index contributed by atoms with van der Waals surface area (Å²) in [5.74, 6) is -0.343. The topological polar surface area (TPSA) is 43.4 Å². The average Bonchev–Trinajstić information content (AvgIpc) is 2.83. The number of rotatable bonds is 2. The number of methoxy groups -OCH3 is 1. The summed E-state index contributed by atoms with van der Waals surface area (Å²) < 4.78 is 4.81. The maximum absolute atomic E-state index is 12.7. The first-order valence-corrected chi connectivity index (χ1v) is 7.54. The predicted octanol–water partition coefficient (Wildman–Crippen LogP) is 3.91. The third kappa shape index (κ3) is 2.70. The van der Waals surface area contributed by atoms with Crippen LogP contribution in [0, 0.1) is 13.8 Å². The van der Waals surface area contributed by atoms with Crippen molar-refractivity contribution in [3.63, 3.8) is 0 Å². The summed E-state index contributed by atoms with van der Waals surface area (Å²) >= 11 is 0. The van der Waals surface area contributed by atoms with Crippen molar-refractivity contribution in [2.75, 3.05) is 7.11 Å². The number of aryl methyl sites for hydroxylation is 2. The third-order valence-corrected chi connectivity index (χ3v) is 4.16. The van der Waals surface area contributed by atoms with Crippen LogP contribution in [-0.4, -0.2) is 18.9 Å². The molecule has 1 aliphatic carbocycles. The van der Waals surface area contributed by atoms with Gasteiger partial charge in [0.1, 0.15) is 0 Å². The number of ketones is 1. The first-order valence-electron chi connectivity index (χ1n) is 7.54. The zero-order chi connectivity index (χ0) is 16.6. The highest BCUT2D eigenvalue weighted by Crippen LogP contribution is 2.31. The van der Waals surface area contributed by atoms with Gasteiger partial charge in [0.15, 0.2) is 5.78 Å². The predicted molar refractivity (Wildman–Crippen MR) is 89.7 cm³/mol. The Morgan fingerprint density at radius 3 is 2.65 bits per heavy atom. The molecule has 3 rings (SSSR count). The lowest BCUT2D eigenvalue weighted by Gasteiger charge is -2.04. The van der Waals surface area contributed by atoms with E-state index in [1.54, 1.807) is 12.1 Å². The van der Waals surface area contributed by atoms with Gasteiger partial charge >= 0.3 is 5.97 Å². The van der Waals surface area contributed by atoms with Gasteiger partial charge in [0.2, 0.25) is 0 Å². The van der Waals surface area contributed by atoms with Gasteiger partial charge in [-0.25, -0.2) is 4.79 Å². The lowest BCUT2D eigenvalue weighted by molar-refractivity contribution is 0.0600. The van der Waals surface area contributed by atoms with Crippen LogP contribution in [0.1, 0.15) is 43.0 Å². The molecule has 2 aromatic carbocycles. The normalized spacial score (nSPS) is 14.9. The standard InChI is InChI=1S/C20H18O3/c1-12-8-13(2)18-15(9-12)11-16(19(18)21)10-14-6-4-5-7-17(14)20(22)23-3/h4-10H,11H2,1-3H3. The van der Waals surface area contributed by atoms with Gasteiger partial charge in [-0.2, -0.15) is 0 Å². The summed E-state index contributed by atoms with van der Waals surface area (Å²) in [6, 6.07) is 11.3. The van der Waals surface area contributed by atoms with Gasteiger partial charge in [-0.05, 0) is 42.7 Å². The number of allylic oxidation sites excluding steroid dienone is 1. The number of fused-ring (bicyclic) bond motifs is 1. The van der Waals surface area contributed by atoms with E-state index in [4.69, 9.17) is 4.74 Å². The van der Waals surface area contributed by atoms with Gasteiger partial charge in [-0.3, -0.25) is 4.79 Å². The van der Waals surface area contributed by atoms with Crippen LogP contribution in [0.5, 0.6) is 0 Å². The van der Waals surface area contributed by atoms with E-state index in [-0.39, 0.29) is 5.78 Å². The van der Waals surface area contributed by atoms with Crippen molar-refractivity contribution in [1.29, 1.82) is 0 Å². The number of carbonyl (C=O) groups is 2. The SMILES string of the molecule is COC(=O)c1ccccc1C=C1Cc2cc(C)cc(C)c2C1=O. The van der Waals surface area contributed by atoms with Crippen molar-refractivity contribution < 1.29 is 14.3 Å². The smallest absolute Gasteiger partial charge is 0.338 e. The summed E-state index contributed by atoms with van der Waals surface area (Å²) in [7, 11) is 1.36. The molecule has 1 aliphatic rings. The second-order valence-electron chi connectivity index (χ2n) is 5.87. The fourth-order valence-electron chi connectivity index (χ4n) is 3.19. The van der Waals surface area contributed by atoms with Crippen molar-refractivity contribution in [3.8, 4) is 0 Å². The second kappa shape index (κ2) is 5.84. The largest absolute Gasteiger partial charge is 0.465 e. The Hall–Kier alpha value is -2.68. The van der Waals surface area contributed by atoms with E-state index >= 15 is 0 Å². The minimum atomic E-state index is -0.396. The molecule has 0 heterocycles. The molecule has 3 heteroatoms. The van der Waals surface area contributed by atoms with Gasteiger partial charge < -0.3 is 4.74 Å². The minimum Gasteiger partial charge on any atom is -0.465 e. The van der Waals surface area contributed by atoms with Crippen LogP contribution in [0.3, 0.4) is 0 Å². The van der Waals surface area contributed by atoms with Crippen molar-refractivity contribution in [2.24, 2.45) is 0 Å². The molecule has 0 saturated carbocycles. The highest BCUT2D eigenvalue weighted by molar-refractivity contribution is 6.16. The molecule has 0 amide bonds. The van der Waals surface area contributed by atoms with Gasteiger partial charge in [0.05, 0.1) is 12.7 Å². The molecular weight excluding hydrogens is 288 g/mol. The van der Waals surface area contributed by atoms with E-state index in [2.05, 4.69) is 6.07 Å². The number of benzene rings is 2. The molecule has 0 aromatic heterocycles. The molecule has 3 nitrogen and oxygen atoms in total. The van der Waals surface area contributed by atoms with E-state index < -0.39 is 5.97 Å². The molecule has 0 saturated heterocycles. The van der Waals surface area contributed by atoms with Gasteiger partial charge in [-0.1, -0.05) is 35.9 Å². The van der Waals surface area contributed by atoms with Gasteiger partial charge in [0.25, 0.3) is 0 Å². The van der Waals surface area contributed by atoms with Crippen LogP contribution in [0.25, 0.3) is 6.08 Å². The van der Waals surface area contributed by atoms with Crippen LogP contribution in [0.15, 0.2) is 42.0 Å². The number of esters is 1. The highest BCUT2D eigenvalue weighted by atomic mass is 16.5. The molecular formula is C20H18O3. The Kier molecular flexibility index (Phi) is 3.87. The number of hydrogen-bond donors (Lipinski definition) is 0. The van der Waals surface area contributed by atoms with E-state index in [1.165, 1.54) is 7.11 Å². The molecule has 0 radical (unpaired) electrons. The van der Waals surface area contributed by atoms with E-state index in [1.807, 2.05) is 38.1 Å². The number of carbonyl (C=O) groups excluding carboxylic acids is 2. The summed E-state index contributed by atoms with van der Waals surface area (Å²) in [6.45, 7) is 4.00. The summed E-state index contributed by atoms with van der Waals surface area (Å²) in [4.78, 5) is 24.6. The molecule has 0 bridgehead atoms. The lowest BCUT2D eigenvalue weighted by Crippen LogP contribution is -2.04. The minimum absolute atomic E-state index is 0.0529.